The first-order valence-corrected chi connectivity index (χ1v) is 6.22. The summed E-state index contributed by atoms with van der Waals surface area (Å²) < 4.78 is 0. The zero-order valence-corrected chi connectivity index (χ0v) is 12.4. The van der Waals surface area contributed by atoms with Gasteiger partial charge in [0.2, 0.25) is 0 Å². The van der Waals surface area contributed by atoms with Crippen LogP contribution in [0.2, 0.25) is 0 Å². The molecule has 0 radical (unpaired) electrons. The maximum Gasteiger partial charge on any atom is 0.195 e. The van der Waals surface area contributed by atoms with Crippen molar-refractivity contribution in [2.24, 2.45) is 4.99 Å². The van der Waals surface area contributed by atoms with E-state index in [0.717, 1.165) is 25.5 Å². The summed E-state index contributed by atoms with van der Waals surface area (Å²) in [6, 6.07) is 2.24. The van der Waals surface area contributed by atoms with Crippen molar-refractivity contribution in [3.63, 3.8) is 0 Å². The highest BCUT2D eigenvalue weighted by Crippen LogP contribution is 2.26. The van der Waals surface area contributed by atoms with Crippen molar-refractivity contribution in [3.05, 3.63) is 28.3 Å². The SMILES string of the molecule is Cc1cc(C)c(C)c(NC2=NCCCN2)c1C.Cl. The molecule has 4 heteroatoms. The normalized spacial score (nSPS) is 14.3. The second kappa shape index (κ2) is 6.10. The number of aliphatic imine (C=N–C) groups is 1. The van der Waals surface area contributed by atoms with Crippen molar-refractivity contribution < 1.29 is 0 Å². The first-order chi connectivity index (χ1) is 8.09. The largest absolute Gasteiger partial charge is 0.356 e. The minimum atomic E-state index is 0. The van der Waals surface area contributed by atoms with E-state index in [1.165, 1.54) is 27.9 Å². The molecule has 100 valence electrons. The highest BCUT2D eigenvalue weighted by atomic mass is 35.5. The molecule has 1 heterocycles. The van der Waals surface area contributed by atoms with E-state index in [0.29, 0.717) is 0 Å². The Bertz CT molecular complexity index is 440. The Morgan fingerprint density at radius 3 is 2.22 bits per heavy atom. The zero-order valence-electron chi connectivity index (χ0n) is 11.6. The van der Waals surface area contributed by atoms with Crippen LogP contribution in [0.1, 0.15) is 28.7 Å². The van der Waals surface area contributed by atoms with E-state index in [1.807, 2.05) is 0 Å². The summed E-state index contributed by atoms with van der Waals surface area (Å²) >= 11 is 0. The van der Waals surface area contributed by atoms with Gasteiger partial charge in [0.1, 0.15) is 0 Å². The summed E-state index contributed by atoms with van der Waals surface area (Å²) in [5, 5.41) is 6.74. The molecule has 3 nitrogen and oxygen atoms in total. The predicted molar refractivity (Wildman–Crippen MR) is 81.2 cm³/mol. The van der Waals surface area contributed by atoms with Crippen LogP contribution < -0.4 is 10.6 Å². The van der Waals surface area contributed by atoms with Gasteiger partial charge in [-0.15, -0.1) is 12.4 Å². The molecule has 2 N–H and O–H groups in total. The average Bonchev–Trinajstić information content (AvgIpc) is 2.33. The van der Waals surface area contributed by atoms with E-state index >= 15 is 0 Å². The zero-order chi connectivity index (χ0) is 12.4. The number of rotatable bonds is 1. The Labute approximate surface area is 115 Å². The molecule has 0 atom stereocenters. The number of anilines is 1. The predicted octanol–water partition coefficient (Wildman–Crippen LogP) is 3.10. The molecule has 0 aliphatic carbocycles. The summed E-state index contributed by atoms with van der Waals surface area (Å²) in [5.74, 6) is 0.910. The van der Waals surface area contributed by atoms with Gasteiger partial charge in [-0.1, -0.05) is 6.07 Å². The van der Waals surface area contributed by atoms with Crippen molar-refractivity contribution in [3.8, 4) is 0 Å². The summed E-state index contributed by atoms with van der Waals surface area (Å²) in [6.45, 7) is 10.6. The minimum absolute atomic E-state index is 0. The lowest BCUT2D eigenvalue weighted by atomic mass is 9.99. The molecule has 0 fully saturated rings. The average molecular weight is 268 g/mol. The van der Waals surface area contributed by atoms with Crippen LogP contribution in [0.4, 0.5) is 5.69 Å². The van der Waals surface area contributed by atoms with Crippen LogP contribution in [0.5, 0.6) is 0 Å². The number of halogens is 1. The smallest absolute Gasteiger partial charge is 0.195 e. The Morgan fingerprint density at radius 2 is 1.72 bits per heavy atom. The van der Waals surface area contributed by atoms with Gasteiger partial charge in [-0.25, -0.2) is 0 Å². The quantitative estimate of drug-likeness (QED) is 0.820. The van der Waals surface area contributed by atoms with Crippen molar-refractivity contribution >= 4 is 24.1 Å². The van der Waals surface area contributed by atoms with E-state index in [4.69, 9.17) is 0 Å². The minimum Gasteiger partial charge on any atom is -0.356 e. The molecule has 0 spiro atoms. The number of benzene rings is 1. The van der Waals surface area contributed by atoms with Crippen molar-refractivity contribution in [2.45, 2.75) is 34.1 Å². The van der Waals surface area contributed by atoms with Gasteiger partial charge in [0.25, 0.3) is 0 Å². The monoisotopic (exact) mass is 267 g/mol. The van der Waals surface area contributed by atoms with Gasteiger partial charge in [-0.3, -0.25) is 4.99 Å². The number of nitrogens with zero attached hydrogens (tertiary/aromatic N) is 1. The van der Waals surface area contributed by atoms with Gasteiger partial charge in [0.05, 0.1) is 0 Å². The van der Waals surface area contributed by atoms with E-state index in [1.54, 1.807) is 0 Å². The van der Waals surface area contributed by atoms with E-state index in [9.17, 15) is 0 Å². The number of guanidine groups is 1. The molecule has 1 aliphatic rings. The number of aryl methyl sites for hydroxylation is 2. The van der Waals surface area contributed by atoms with Crippen molar-refractivity contribution in [1.82, 2.24) is 5.32 Å². The number of nitrogens with one attached hydrogen (secondary N) is 2. The standard InChI is InChI=1S/C14H21N3.ClH/c1-9-8-10(2)12(4)13(11(9)3)17-14-15-6-5-7-16-14;/h8H,5-7H2,1-4H3,(H2,15,16,17);1H. The highest BCUT2D eigenvalue weighted by molar-refractivity contribution is 5.95. The molecule has 0 bridgehead atoms. The molecule has 0 saturated heterocycles. The molecule has 1 aliphatic heterocycles. The molecule has 0 aromatic heterocycles. The first-order valence-electron chi connectivity index (χ1n) is 6.22. The maximum absolute atomic E-state index is 4.46. The fourth-order valence-corrected chi connectivity index (χ4v) is 2.14. The summed E-state index contributed by atoms with van der Waals surface area (Å²) in [7, 11) is 0. The lowest BCUT2D eigenvalue weighted by Crippen LogP contribution is -2.35. The fourth-order valence-electron chi connectivity index (χ4n) is 2.14. The Morgan fingerprint density at radius 1 is 1.11 bits per heavy atom. The first kappa shape index (κ1) is 14.8. The van der Waals surface area contributed by atoms with Gasteiger partial charge in [-0.05, 0) is 56.4 Å². The van der Waals surface area contributed by atoms with Crippen LogP contribution in [0, 0.1) is 27.7 Å². The Hall–Kier alpha value is -1.22. The van der Waals surface area contributed by atoms with Crippen molar-refractivity contribution in [1.29, 1.82) is 0 Å². The van der Waals surface area contributed by atoms with Gasteiger partial charge in [0.15, 0.2) is 5.96 Å². The van der Waals surface area contributed by atoms with Crippen molar-refractivity contribution in [2.75, 3.05) is 18.4 Å². The molecule has 1 aromatic rings. The molecule has 0 amide bonds. The van der Waals surface area contributed by atoms with E-state index < -0.39 is 0 Å². The molecule has 0 saturated carbocycles. The molecular weight excluding hydrogens is 246 g/mol. The molecule has 2 rings (SSSR count). The van der Waals surface area contributed by atoms with Crippen LogP contribution in [-0.2, 0) is 0 Å². The van der Waals surface area contributed by atoms with Gasteiger partial charge >= 0.3 is 0 Å². The third-order valence-electron chi connectivity index (χ3n) is 3.51. The molecule has 1 aromatic carbocycles. The second-order valence-corrected chi connectivity index (χ2v) is 4.77. The van der Waals surface area contributed by atoms with Crippen LogP contribution >= 0.6 is 12.4 Å². The van der Waals surface area contributed by atoms with Crippen LogP contribution in [0.15, 0.2) is 11.1 Å². The van der Waals surface area contributed by atoms with Crippen LogP contribution in [-0.4, -0.2) is 19.0 Å². The number of hydrogen-bond acceptors (Lipinski definition) is 3. The fraction of sp³-hybridized carbons (Fsp3) is 0.500. The topological polar surface area (TPSA) is 36.4 Å². The van der Waals surface area contributed by atoms with Gasteiger partial charge in [-0.2, -0.15) is 0 Å². The lowest BCUT2D eigenvalue weighted by molar-refractivity contribution is 0.740. The molecule has 18 heavy (non-hydrogen) atoms. The summed E-state index contributed by atoms with van der Waals surface area (Å²) in [4.78, 5) is 4.46. The second-order valence-electron chi connectivity index (χ2n) is 4.77. The molecule has 0 unspecified atom stereocenters. The maximum atomic E-state index is 4.46. The van der Waals surface area contributed by atoms with Gasteiger partial charge < -0.3 is 10.6 Å². The lowest BCUT2D eigenvalue weighted by Gasteiger charge is -2.20. The van der Waals surface area contributed by atoms with Crippen LogP contribution in [0.25, 0.3) is 0 Å². The third-order valence-corrected chi connectivity index (χ3v) is 3.51. The third kappa shape index (κ3) is 2.96. The Kier molecular flexibility index (Phi) is 5.03. The summed E-state index contributed by atoms with van der Waals surface area (Å²) in [6.07, 6.45) is 1.12. The van der Waals surface area contributed by atoms with E-state index in [2.05, 4.69) is 49.4 Å². The number of hydrogen-bond donors (Lipinski definition) is 2. The van der Waals surface area contributed by atoms with Gasteiger partial charge in [0, 0.05) is 18.8 Å². The van der Waals surface area contributed by atoms with E-state index in [-0.39, 0.29) is 12.4 Å². The highest BCUT2D eigenvalue weighted by Gasteiger charge is 2.11. The summed E-state index contributed by atoms with van der Waals surface area (Å²) in [5.41, 5.74) is 6.47. The molecular formula is C14H22ClN3. The van der Waals surface area contributed by atoms with Crippen LogP contribution in [0.3, 0.4) is 0 Å². The Balaban J connectivity index is 0.00000162.